The van der Waals surface area contributed by atoms with E-state index in [1.807, 2.05) is 54.6 Å². The smallest absolute Gasteiger partial charge is 0.245 e. The molecule has 0 saturated carbocycles. The maximum absolute atomic E-state index is 11.8. The van der Waals surface area contributed by atoms with Gasteiger partial charge in [0.1, 0.15) is 5.75 Å². The second kappa shape index (κ2) is 5.79. The SMILES string of the molecule is COc1ccccc1C=NN1C(=O)CC1c1ccccc1. The molecule has 4 nitrogen and oxygen atoms in total. The Labute approximate surface area is 123 Å². The number of carbonyl (C=O) groups excluding carboxylic acids is 1. The molecule has 0 aliphatic carbocycles. The predicted octanol–water partition coefficient (Wildman–Crippen LogP) is 3.00. The quantitative estimate of drug-likeness (QED) is 0.638. The minimum Gasteiger partial charge on any atom is -0.496 e. The van der Waals surface area contributed by atoms with E-state index >= 15 is 0 Å². The molecule has 1 saturated heterocycles. The van der Waals surface area contributed by atoms with Crippen LogP contribution in [-0.2, 0) is 4.79 Å². The van der Waals surface area contributed by atoms with Crippen LogP contribution in [0.15, 0.2) is 59.7 Å². The van der Waals surface area contributed by atoms with E-state index in [0.29, 0.717) is 6.42 Å². The number of hydrazone groups is 1. The molecule has 0 bridgehead atoms. The van der Waals surface area contributed by atoms with E-state index in [9.17, 15) is 4.79 Å². The van der Waals surface area contributed by atoms with Crippen LogP contribution in [-0.4, -0.2) is 24.2 Å². The summed E-state index contributed by atoms with van der Waals surface area (Å²) in [7, 11) is 1.62. The first kappa shape index (κ1) is 13.4. The van der Waals surface area contributed by atoms with Crippen molar-refractivity contribution in [2.24, 2.45) is 5.10 Å². The van der Waals surface area contributed by atoms with Crippen LogP contribution in [0.1, 0.15) is 23.6 Å². The van der Waals surface area contributed by atoms with Crippen molar-refractivity contribution in [1.82, 2.24) is 5.01 Å². The molecule has 0 spiro atoms. The lowest BCUT2D eigenvalue weighted by Crippen LogP contribution is -2.42. The van der Waals surface area contributed by atoms with Crippen LogP contribution in [0.3, 0.4) is 0 Å². The number of para-hydroxylation sites is 1. The number of methoxy groups -OCH3 is 1. The molecule has 2 aromatic rings. The van der Waals surface area contributed by atoms with Gasteiger partial charge in [0.05, 0.1) is 25.8 Å². The van der Waals surface area contributed by atoms with Gasteiger partial charge in [-0.05, 0) is 17.7 Å². The number of benzene rings is 2. The molecule has 1 heterocycles. The Kier molecular flexibility index (Phi) is 3.69. The van der Waals surface area contributed by atoms with E-state index in [0.717, 1.165) is 16.9 Å². The van der Waals surface area contributed by atoms with Gasteiger partial charge in [0.15, 0.2) is 0 Å². The van der Waals surface area contributed by atoms with Crippen molar-refractivity contribution in [3.8, 4) is 5.75 Å². The van der Waals surface area contributed by atoms with Gasteiger partial charge in [0.2, 0.25) is 5.91 Å². The molecule has 2 aromatic carbocycles. The molecule has 3 rings (SSSR count). The van der Waals surface area contributed by atoms with Gasteiger partial charge in [-0.1, -0.05) is 42.5 Å². The normalized spacial score (nSPS) is 17.9. The highest BCUT2D eigenvalue weighted by Gasteiger charge is 2.37. The maximum Gasteiger partial charge on any atom is 0.245 e. The fourth-order valence-corrected chi connectivity index (χ4v) is 2.38. The van der Waals surface area contributed by atoms with E-state index in [1.54, 1.807) is 13.3 Å². The van der Waals surface area contributed by atoms with Crippen molar-refractivity contribution in [3.63, 3.8) is 0 Å². The van der Waals surface area contributed by atoms with Gasteiger partial charge in [-0.15, -0.1) is 0 Å². The standard InChI is InChI=1S/C17H16N2O2/c1-21-16-10-6-5-9-14(16)12-18-19-15(11-17(19)20)13-7-3-2-4-8-13/h2-10,12,15H,11H2,1H3. The molecular formula is C17H16N2O2. The molecule has 1 atom stereocenters. The number of amides is 1. The Bertz CT molecular complexity index is 668. The van der Waals surface area contributed by atoms with Crippen molar-refractivity contribution in [2.45, 2.75) is 12.5 Å². The van der Waals surface area contributed by atoms with Crippen molar-refractivity contribution in [3.05, 3.63) is 65.7 Å². The molecule has 106 valence electrons. The highest BCUT2D eigenvalue weighted by Crippen LogP contribution is 2.34. The Morgan fingerprint density at radius 2 is 1.86 bits per heavy atom. The number of rotatable bonds is 4. The average molecular weight is 280 g/mol. The zero-order valence-electron chi connectivity index (χ0n) is 11.8. The lowest BCUT2D eigenvalue weighted by Gasteiger charge is -2.36. The van der Waals surface area contributed by atoms with Gasteiger partial charge in [0, 0.05) is 5.56 Å². The van der Waals surface area contributed by atoms with E-state index in [1.165, 1.54) is 5.01 Å². The second-order valence-electron chi connectivity index (χ2n) is 4.86. The third-order valence-electron chi connectivity index (χ3n) is 3.56. The minimum absolute atomic E-state index is 0.0321. The van der Waals surface area contributed by atoms with Crippen molar-refractivity contribution in [2.75, 3.05) is 7.11 Å². The average Bonchev–Trinajstić information content (AvgIpc) is 2.54. The third kappa shape index (κ3) is 2.65. The summed E-state index contributed by atoms with van der Waals surface area (Å²) >= 11 is 0. The summed E-state index contributed by atoms with van der Waals surface area (Å²) in [6, 6.07) is 17.6. The van der Waals surface area contributed by atoms with Gasteiger partial charge in [-0.3, -0.25) is 4.79 Å². The first-order chi connectivity index (χ1) is 10.3. The minimum atomic E-state index is 0.0321. The zero-order chi connectivity index (χ0) is 14.7. The molecule has 1 unspecified atom stereocenters. The highest BCUT2D eigenvalue weighted by atomic mass is 16.5. The topological polar surface area (TPSA) is 41.9 Å². The number of β-lactam (4-membered cyclic amide) rings is 1. The van der Waals surface area contributed by atoms with Crippen LogP contribution in [0, 0.1) is 0 Å². The Morgan fingerprint density at radius 1 is 1.14 bits per heavy atom. The lowest BCUT2D eigenvalue weighted by atomic mass is 9.96. The molecule has 0 radical (unpaired) electrons. The van der Waals surface area contributed by atoms with Crippen molar-refractivity contribution < 1.29 is 9.53 Å². The fraction of sp³-hybridized carbons (Fsp3) is 0.176. The highest BCUT2D eigenvalue weighted by molar-refractivity contribution is 5.88. The summed E-state index contributed by atoms with van der Waals surface area (Å²) in [5, 5.41) is 5.86. The van der Waals surface area contributed by atoms with Crippen LogP contribution >= 0.6 is 0 Å². The van der Waals surface area contributed by atoms with E-state index in [4.69, 9.17) is 4.74 Å². The van der Waals surface area contributed by atoms with Gasteiger partial charge in [-0.25, -0.2) is 5.01 Å². The summed E-state index contributed by atoms with van der Waals surface area (Å²) in [5.41, 5.74) is 1.96. The third-order valence-corrected chi connectivity index (χ3v) is 3.56. The van der Waals surface area contributed by atoms with E-state index < -0.39 is 0 Å². The van der Waals surface area contributed by atoms with E-state index in [2.05, 4.69) is 5.10 Å². The Morgan fingerprint density at radius 3 is 2.57 bits per heavy atom. The largest absolute Gasteiger partial charge is 0.496 e. The summed E-state index contributed by atoms with van der Waals surface area (Å²) in [6.45, 7) is 0. The summed E-state index contributed by atoms with van der Waals surface area (Å²) in [5.74, 6) is 0.778. The van der Waals surface area contributed by atoms with Crippen LogP contribution in [0.2, 0.25) is 0 Å². The molecule has 0 N–H and O–H groups in total. The molecule has 0 aromatic heterocycles. The molecule has 21 heavy (non-hydrogen) atoms. The lowest BCUT2D eigenvalue weighted by molar-refractivity contribution is -0.146. The molecule has 1 fully saturated rings. The summed E-state index contributed by atoms with van der Waals surface area (Å²) < 4.78 is 5.27. The predicted molar refractivity (Wildman–Crippen MR) is 81.2 cm³/mol. The van der Waals surface area contributed by atoms with Crippen LogP contribution in [0.5, 0.6) is 5.75 Å². The summed E-state index contributed by atoms with van der Waals surface area (Å²) in [4.78, 5) is 11.8. The molecule has 1 amide bonds. The second-order valence-corrected chi connectivity index (χ2v) is 4.86. The molecule has 1 aliphatic heterocycles. The number of ether oxygens (including phenoxy) is 1. The fourth-order valence-electron chi connectivity index (χ4n) is 2.38. The number of carbonyl (C=O) groups is 1. The molecule has 1 aliphatic rings. The molecule has 4 heteroatoms. The van der Waals surface area contributed by atoms with Gasteiger partial charge >= 0.3 is 0 Å². The first-order valence-electron chi connectivity index (χ1n) is 6.83. The van der Waals surface area contributed by atoms with Crippen LogP contribution in [0.4, 0.5) is 0 Å². The van der Waals surface area contributed by atoms with Crippen molar-refractivity contribution in [1.29, 1.82) is 0 Å². The van der Waals surface area contributed by atoms with Crippen LogP contribution < -0.4 is 4.74 Å². The van der Waals surface area contributed by atoms with Gasteiger partial charge in [-0.2, -0.15) is 5.10 Å². The monoisotopic (exact) mass is 280 g/mol. The van der Waals surface area contributed by atoms with Gasteiger partial charge in [0.25, 0.3) is 0 Å². The Hall–Kier alpha value is -2.62. The van der Waals surface area contributed by atoms with Crippen LogP contribution in [0.25, 0.3) is 0 Å². The number of hydrogen-bond donors (Lipinski definition) is 0. The maximum atomic E-state index is 11.8. The van der Waals surface area contributed by atoms with Gasteiger partial charge < -0.3 is 4.74 Å². The van der Waals surface area contributed by atoms with E-state index in [-0.39, 0.29) is 11.9 Å². The molecular weight excluding hydrogens is 264 g/mol. The summed E-state index contributed by atoms with van der Waals surface area (Å²) in [6.07, 6.45) is 2.18. The number of hydrogen-bond acceptors (Lipinski definition) is 3. The van der Waals surface area contributed by atoms with Crippen molar-refractivity contribution >= 4 is 12.1 Å². The first-order valence-corrected chi connectivity index (χ1v) is 6.83. The Balaban J connectivity index is 1.80. The number of nitrogens with zero attached hydrogens (tertiary/aromatic N) is 2. The zero-order valence-corrected chi connectivity index (χ0v) is 11.8.